The molecule has 138 valence electrons. The highest BCUT2D eigenvalue weighted by Crippen LogP contribution is 2.25. The Hall–Kier alpha value is -1.34. The summed E-state index contributed by atoms with van der Waals surface area (Å²) < 4.78 is 0. The highest BCUT2D eigenvalue weighted by molar-refractivity contribution is 7.09. The van der Waals surface area contributed by atoms with Gasteiger partial charge in [0.2, 0.25) is 0 Å². The smallest absolute Gasteiger partial charge is 0.275 e. The van der Waals surface area contributed by atoms with Crippen LogP contribution in [0.2, 0.25) is 0 Å². The fourth-order valence-corrected chi connectivity index (χ4v) is 3.41. The minimum atomic E-state index is -0.189. The quantitative estimate of drug-likeness (QED) is 0.812. The third-order valence-electron chi connectivity index (χ3n) is 4.21. The number of hydrogen-bond donors (Lipinski definition) is 2. The van der Waals surface area contributed by atoms with Crippen LogP contribution in [0.5, 0.6) is 0 Å². The van der Waals surface area contributed by atoms with Crippen molar-refractivity contribution in [3.8, 4) is 0 Å². The van der Waals surface area contributed by atoms with Gasteiger partial charge in [-0.1, -0.05) is 13.0 Å². The highest BCUT2D eigenvalue weighted by atomic mass is 35.5. The van der Waals surface area contributed by atoms with Crippen LogP contribution < -0.4 is 16.0 Å². The number of amides is 1. The molecule has 2 aromatic rings. The van der Waals surface area contributed by atoms with E-state index in [0.29, 0.717) is 12.2 Å². The molecule has 0 radical (unpaired) electrons. The van der Waals surface area contributed by atoms with Crippen LogP contribution in [-0.2, 0) is 6.54 Å². The summed E-state index contributed by atoms with van der Waals surface area (Å²) >= 11 is 1.41. The number of aromatic nitrogens is 1. The molecular formula is C17H24Cl2N4OS. The van der Waals surface area contributed by atoms with Gasteiger partial charge in [0.15, 0.2) is 0 Å². The van der Waals surface area contributed by atoms with Crippen LogP contribution in [0.1, 0.15) is 35.3 Å². The molecular weight excluding hydrogens is 379 g/mol. The molecule has 0 saturated carbocycles. The van der Waals surface area contributed by atoms with Crippen LogP contribution in [0.25, 0.3) is 0 Å². The van der Waals surface area contributed by atoms with Crippen molar-refractivity contribution in [1.29, 1.82) is 0 Å². The Labute approximate surface area is 164 Å². The molecule has 0 atom stereocenters. The minimum Gasteiger partial charge on any atom is -0.371 e. The third-order valence-corrected chi connectivity index (χ3v) is 5.08. The lowest BCUT2D eigenvalue weighted by Crippen LogP contribution is -2.32. The van der Waals surface area contributed by atoms with E-state index in [4.69, 9.17) is 5.73 Å². The molecule has 5 nitrogen and oxygen atoms in total. The van der Waals surface area contributed by atoms with E-state index >= 15 is 0 Å². The van der Waals surface area contributed by atoms with Crippen LogP contribution in [0.15, 0.2) is 29.6 Å². The Bertz CT molecular complexity index is 687. The number of nitrogens with one attached hydrogen (secondary N) is 1. The molecule has 0 bridgehead atoms. The van der Waals surface area contributed by atoms with Gasteiger partial charge in [0.05, 0.1) is 0 Å². The van der Waals surface area contributed by atoms with Gasteiger partial charge in [-0.25, -0.2) is 4.98 Å². The van der Waals surface area contributed by atoms with Crippen molar-refractivity contribution in [3.63, 3.8) is 0 Å². The summed E-state index contributed by atoms with van der Waals surface area (Å²) in [6, 6.07) is 8.02. The number of nitrogens with two attached hydrogens (primary N) is 1. The molecule has 1 amide bonds. The van der Waals surface area contributed by atoms with E-state index in [-0.39, 0.29) is 30.7 Å². The second-order valence-corrected chi connectivity index (χ2v) is 6.95. The fourth-order valence-electron chi connectivity index (χ4n) is 2.75. The lowest BCUT2D eigenvalue weighted by Gasteiger charge is -2.32. The maximum Gasteiger partial charge on any atom is 0.275 e. The lowest BCUT2D eigenvalue weighted by molar-refractivity contribution is 0.102. The van der Waals surface area contributed by atoms with Crippen LogP contribution >= 0.6 is 36.2 Å². The van der Waals surface area contributed by atoms with Crippen molar-refractivity contribution in [2.24, 2.45) is 11.7 Å². The molecule has 3 rings (SSSR count). The second-order valence-electron chi connectivity index (χ2n) is 6.00. The Kier molecular flexibility index (Phi) is 8.65. The maximum absolute atomic E-state index is 12.3. The zero-order chi connectivity index (χ0) is 16.2. The van der Waals surface area contributed by atoms with Gasteiger partial charge < -0.3 is 16.0 Å². The van der Waals surface area contributed by atoms with Gasteiger partial charge in [-0.2, -0.15) is 0 Å². The first-order chi connectivity index (χ1) is 11.2. The van der Waals surface area contributed by atoms with E-state index in [1.54, 1.807) is 5.38 Å². The summed E-state index contributed by atoms with van der Waals surface area (Å²) in [4.78, 5) is 18.8. The Morgan fingerprint density at radius 1 is 1.36 bits per heavy atom. The predicted octanol–water partition coefficient (Wildman–Crippen LogP) is 3.93. The molecule has 0 spiro atoms. The van der Waals surface area contributed by atoms with Gasteiger partial charge in [0.1, 0.15) is 10.7 Å². The zero-order valence-electron chi connectivity index (χ0n) is 14.1. The van der Waals surface area contributed by atoms with E-state index in [1.165, 1.54) is 24.2 Å². The van der Waals surface area contributed by atoms with E-state index in [9.17, 15) is 4.79 Å². The highest BCUT2D eigenvalue weighted by Gasteiger charge is 2.17. The average molecular weight is 403 g/mol. The topological polar surface area (TPSA) is 71.2 Å². The number of halogens is 2. The molecule has 1 aromatic carbocycles. The molecule has 1 aliphatic heterocycles. The van der Waals surface area contributed by atoms with Crippen molar-refractivity contribution < 1.29 is 4.79 Å². The molecule has 0 unspecified atom stereocenters. The molecule has 0 aliphatic carbocycles. The first-order valence-electron chi connectivity index (χ1n) is 7.96. The summed E-state index contributed by atoms with van der Waals surface area (Å²) in [5.41, 5.74) is 7.92. The van der Waals surface area contributed by atoms with E-state index in [1.807, 2.05) is 18.2 Å². The number of nitrogens with zero attached hydrogens (tertiary/aromatic N) is 2. The first-order valence-corrected chi connectivity index (χ1v) is 8.84. The molecule has 25 heavy (non-hydrogen) atoms. The zero-order valence-corrected chi connectivity index (χ0v) is 16.6. The number of thiazole rings is 1. The number of benzene rings is 1. The summed E-state index contributed by atoms with van der Waals surface area (Å²) in [5.74, 6) is 0.612. The normalized spacial score (nSPS) is 14.4. The largest absolute Gasteiger partial charge is 0.371 e. The average Bonchev–Trinajstić information content (AvgIpc) is 3.05. The lowest BCUT2D eigenvalue weighted by atomic mass is 9.99. The minimum absolute atomic E-state index is 0. The third kappa shape index (κ3) is 5.57. The van der Waals surface area contributed by atoms with Gasteiger partial charge in [0.25, 0.3) is 5.91 Å². The molecule has 8 heteroatoms. The standard InChI is InChI=1S/C17H22N4OS.2ClH/c1-12-5-7-21(8-6-12)14-4-2-3-13(9-14)19-17(22)15-11-23-16(10-18)20-15;;/h2-4,9,11-12H,5-8,10,18H2,1H3,(H,19,22);2*1H. The van der Waals surface area contributed by atoms with E-state index in [2.05, 4.69) is 28.2 Å². The summed E-state index contributed by atoms with van der Waals surface area (Å²) in [6.45, 7) is 4.81. The molecule has 1 fully saturated rings. The van der Waals surface area contributed by atoms with Crippen LogP contribution in [-0.4, -0.2) is 24.0 Å². The Balaban J connectivity index is 0.00000156. The van der Waals surface area contributed by atoms with Crippen LogP contribution in [0.4, 0.5) is 11.4 Å². The number of carbonyl (C=O) groups is 1. The van der Waals surface area contributed by atoms with Crippen molar-refractivity contribution >= 4 is 53.4 Å². The van der Waals surface area contributed by atoms with Crippen LogP contribution in [0.3, 0.4) is 0 Å². The van der Waals surface area contributed by atoms with Crippen molar-refractivity contribution in [2.75, 3.05) is 23.3 Å². The fraction of sp³-hybridized carbons (Fsp3) is 0.412. The number of rotatable bonds is 4. The van der Waals surface area contributed by atoms with E-state index < -0.39 is 0 Å². The maximum atomic E-state index is 12.3. The number of hydrogen-bond acceptors (Lipinski definition) is 5. The number of piperidine rings is 1. The molecule has 3 N–H and O–H groups in total. The van der Waals surface area contributed by atoms with Gasteiger partial charge in [0, 0.05) is 36.4 Å². The van der Waals surface area contributed by atoms with Crippen molar-refractivity contribution in [3.05, 3.63) is 40.3 Å². The van der Waals surface area contributed by atoms with E-state index in [0.717, 1.165) is 35.4 Å². The van der Waals surface area contributed by atoms with Crippen LogP contribution in [0, 0.1) is 5.92 Å². The predicted molar refractivity (Wildman–Crippen MR) is 110 cm³/mol. The van der Waals surface area contributed by atoms with Crippen molar-refractivity contribution in [1.82, 2.24) is 4.98 Å². The number of carbonyl (C=O) groups excluding carboxylic acids is 1. The number of anilines is 2. The summed E-state index contributed by atoms with van der Waals surface area (Å²) in [5, 5.41) is 5.43. The van der Waals surface area contributed by atoms with Gasteiger partial charge in [-0.3, -0.25) is 4.79 Å². The first kappa shape index (κ1) is 21.7. The monoisotopic (exact) mass is 402 g/mol. The van der Waals surface area contributed by atoms with Crippen molar-refractivity contribution in [2.45, 2.75) is 26.3 Å². The van der Waals surface area contributed by atoms with Gasteiger partial charge >= 0.3 is 0 Å². The molecule has 2 heterocycles. The van der Waals surface area contributed by atoms with Gasteiger partial charge in [-0.05, 0) is 37.0 Å². The van der Waals surface area contributed by atoms with Gasteiger partial charge in [-0.15, -0.1) is 36.2 Å². The second kappa shape index (κ2) is 9.97. The molecule has 1 aromatic heterocycles. The molecule has 1 aliphatic rings. The SMILES string of the molecule is CC1CCN(c2cccc(NC(=O)c3csc(CN)n3)c2)CC1.Cl.Cl. The Morgan fingerprint density at radius 3 is 2.72 bits per heavy atom. The Morgan fingerprint density at radius 2 is 2.08 bits per heavy atom. The summed E-state index contributed by atoms with van der Waals surface area (Å²) in [6.07, 6.45) is 2.44. The molecule has 1 saturated heterocycles. The summed E-state index contributed by atoms with van der Waals surface area (Å²) in [7, 11) is 0.